The summed E-state index contributed by atoms with van der Waals surface area (Å²) in [6, 6.07) is 8.05. The summed E-state index contributed by atoms with van der Waals surface area (Å²) in [6.07, 6.45) is 2.82. The van der Waals surface area contributed by atoms with E-state index in [4.69, 9.17) is 8.94 Å². The van der Waals surface area contributed by atoms with Gasteiger partial charge in [0.05, 0.1) is 16.7 Å². The average Bonchev–Trinajstić information content (AvgIpc) is 3.16. The van der Waals surface area contributed by atoms with Crippen molar-refractivity contribution in [2.75, 3.05) is 0 Å². The van der Waals surface area contributed by atoms with Gasteiger partial charge in [-0.2, -0.15) is 0 Å². The highest BCUT2D eigenvalue weighted by atomic mass is 79.9. The van der Waals surface area contributed by atoms with Crippen molar-refractivity contribution in [2.45, 2.75) is 15.3 Å². The number of alkyl halides is 1. The number of aromatic nitrogens is 2. The third-order valence-electron chi connectivity index (χ3n) is 2.82. The lowest BCUT2D eigenvalue weighted by Gasteiger charge is -2.02. The Balaban J connectivity index is 2.16. The molecule has 108 valence electrons. The van der Waals surface area contributed by atoms with E-state index in [9.17, 15) is 8.42 Å². The zero-order chi connectivity index (χ0) is 14.9. The third-order valence-corrected chi connectivity index (χ3v) is 5.10. The van der Waals surface area contributed by atoms with E-state index in [0.717, 1.165) is 0 Å². The van der Waals surface area contributed by atoms with E-state index >= 15 is 0 Å². The Morgan fingerprint density at radius 2 is 1.95 bits per heavy atom. The van der Waals surface area contributed by atoms with Crippen LogP contribution in [0.25, 0.3) is 11.7 Å². The van der Waals surface area contributed by atoms with Gasteiger partial charge in [-0.25, -0.2) is 13.4 Å². The van der Waals surface area contributed by atoms with Crippen LogP contribution in [0, 0.1) is 0 Å². The van der Waals surface area contributed by atoms with Gasteiger partial charge in [0, 0.05) is 5.33 Å². The predicted molar refractivity (Wildman–Crippen MR) is 76.5 cm³/mol. The van der Waals surface area contributed by atoms with Gasteiger partial charge < -0.3 is 8.94 Å². The molecule has 0 aliphatic rings. The van der Waals surface area contributed by atoms with Gasteiger partial charge in [0.15, 0.2) is 0 Å². The molecule has 2 aromatic heterocycles. The number of nitrogens with zero attached hydrogens (tertiary/aromatic N) is 2. The molecule has 0 spiro atoms. The number of hydrogen-bond donors (Lipinski definition) is 0. The summed E-state index contributed by atoms with van der Waals surface area (Å²) in [7, 11) is -3.76. The Kier molecular flexibility index (Phi) is 3.64. The van der Waals surface area contributed by atoms with Crippen molar-refractivity contribution < 1.29 is 17.4 Å². The summed E-state index contributed by atoms with van der Waals surface area (Å²) >= 11 is 3.26. The number of oxazole rings is 1. The Labute approximate surface area is 128 Å². The largest absolute Gasteiger partial charge is 0.442 e. The van der Waals surface area contributed by atoms with Crippen LogP contribution in [0.5, 0.6) is 0 Å². The minimum absolute atomic E-state index is 0.140. The zero-order valence-corrected chi connectivity index (χ0v) is 13.0. The molecule has 0 radical (unpaired) electrons. The van der Waals surface area contributed by atoms with Crippen LogP contribution < -0.4 is 0 Å². The van der Waals surface area contributed by atoms with E-state index in [1.54, 1.807) is 18.2 Å². The molecular weight excluding hydrogens is 360 g/mol. The number of benzene rings is 1. The quantitative estimate of drug-likeness (QED) is 0.657. The van der Waals surface area contributed by atoms with E-state index in [2.05, 4.69) is 26.1 Å². The second-order valence-corrected chi connectivity index (χ2v) is 6.51. The van der Waals surface area contributed by atoms with E-state index in [-0.39, 0.29) is 26.9 Å². The lowest BCUT2D eigenvalue weighted by molar-refractivity contribution is 0.398. The molecule has 8 heteroatoms. The van der Waals surface area contributed by atoms with E-state index < -0.39 is 9.84 Å². The highest BCUT2D eigenvalue weighted by molar-refractivity contribution is 9.08. The fraction of sp³-hybridized carbons (Fsp3) is 0.0769. The summed E-state index contributed by atoms with van der Waals surface area (Å²) < 4.78 is 35.5. The van der Waals surface area contributed by atoms with Crippen molar-refractivity contribution in [3.05, 3.63) is 48.4 Å². The number of halogens is 1. The maximum absolute atomic E-state index is 12.6. The molecule has 2 heterocycles. The minimum atomic E-state index is -3.76. The molecular formula is C13H9BrN2O4S. The summed E-state index contributed by atoms with van der Waals surface area (Å²) in [5, 5.41) is 3.80. The van der Waals surface area contributed by atoms with Crippen molar-refractivity contribution in [2.24, 2.45) is 0 Å². The normalized spacial score (nSPS) is 11.7. The van der Waals surface area contributed by atoms with Crippen LogP contribution in [0.4, 0.5) is 0 Å². The highest BCUT2D eigenvalue weighted by Gasteiger charge is 2.30. The molecule has 0 aliphatic carbocycles. The molecule has 0 atom stereocenters. The zero-order valence-electron chi connectivity index (χ0n) is 10.6. The molecule has 21 heavy (non-hydrogen) atoms. The van der Waals surface area contributed by atoms with Gasteiger partial charge in [0.1, 0.15) is 6.26 Å². The van der Waals surface area contributed by atoms with Crippen LogP contribution in [0.3, 0.4) is 0 Å². The van der Waals surface area contributed by atoms with Crippen LogP contribution in [-0.4, -0.2) is 18.6 Å². The van der Waals surface area contributed by atoms with Crippen molar-refractivity contribution in [3.63, 3.8) is 0 Å². The Bertz CT molecular complexity index is 842. The molecule has 3 aromatic rings. The van der Waals surface area contributed by atoms with Crippen LogP contribution in [-0.2, 0) is 15.2 Å². The van der Waals surface area contributed by atoms with Crippen LogP contribution in [0.1, 0.15) is 5.56 Å². The van der Waals surface area contributed by atoms with Crippen LogP contribution in [0.15, 0.2) is 61.7 Å². The first-order valence-electron chi connectivity index (χ1n) is 5.89. The van der Waals surface area contributed by atoms with E-state index in [1.165, 1.54) is 24.6 Å². The van der Waals surface area contributed by atoms with E-state index in [0.29, 0.717) is 5.56 Å². The molecule has 6 nitrogen and oxygen atoms in total. The van der Waals surface area contributed by atoms with Gasteiger partial charge in [-0.05, 0) is 12.1 Å². The standard InChI is InChI=1S/C13H9BrN2O4S/c14-8-10-11(12-15-6-7-19-12)20-16-13(10)21(17,18)9-4-2-1-3-5-9/h1-7H,8H2. The van der Waals surface area contributed by atoms with Crippen LogP contribution in [0.2, 0.25) is 0 Å². The second-order valence-electron chi connectivity index (χ2n) is 4.08. The van der Waals surface area contributed by atoms with Crippen molar-refractivity contribution >= 4 is 25.8 Å². The lowest BCUT2D eigenvalue weighted by Crippen LogP contribution is -2.04. The SMILES string of the molecule is O=S(=O)(c1ccccc1)c1noc(-c2ncco2)c1CBr. The second kappa shape index (κ2) is 5.45. The number of sulfone groups is 1. The fourth-order valence-electron chi connectivity index (χ4n) is 1.84. The van der Waals surface area contributed by atoms with Gasteiger partial charge in [-0.1, -0.05) is 39.3 Å². The van der Waals surface area contributed by atoms with Gasteiger partial charge in [0.2, 0.25) is 20.6 Å². The minimum Gasteiger partial charge on any atom is -0.442 e. The van der Waals surface area contributed by atoms with E-state index in [1.807, 2.05) is 0 Å². The first-order chi connectivity index (χ1) is 10.1. The monoisotopic (exact) mass is 368 g/mol. The highest BCUT2D eigenvalue weighted by Crippen LogP contribution is 2.32. The topological polar surface area (TPSA) is 86.2 Å². The maximum Gasteiger partial charge on any atom is 0.266 e. The third kappa shape index (κ3) is 2.40. The summed E-state index contributed by atoms with van der Waals surface area (Å²) in [5.74, 6) is 0.387. The molecule has 0 amide bonds. The predicted octanol–water partition coefficient (Wildman–Crippen LogP) is 3.06. The van der Waals surface area contributed by atoms with Crippen molar-refractivity contribution in [3.8, 4) is 11.7 Å². The maximum atomic E-state index is 12.6. The van der Waals surface area contributed by atoms with Crippen molar-refractivity contribution in [1.29, 1.82) is 0 Å². The van der Waals surface area contributed by atoms with Gasteiger partial charge in [-0.15, -0.1) is 0 Å². The first kappa shape index (κ1) is 14.0. The molecule has 0 N–H and O–H groups in total. The molecule has 0 bridgehead atoms. The number of hydrogen-bond acceptors (Lipinski definition) is 6. The molecule has 1 aromatic carbocycles. The smallest absolute Gasteiger partial charge is 0.266 e. The molecule has 0 unspecified atom stereocenters. The molecule has 0 saturated carbocycles. The number of rotatable bonds is 4. The van der Waals surface area contributed by atoms with Gasteiger partial charge >= 0.3 is 0 Å². The molecule has 0 saturated heterocycles. The lowest BCUT2D eigenvalue weighted by atomic mass is 10.3. The van der Waals surface area contributed by atoms with Crippen LogP contribution >= 0.6 is 15.9 Å². The summed E-state index contributed by atoms with van der Waals surface area (Å²) in [5.41, 5.74) is 0.376. The molecule has 0 aliphatic heterocycles. The Hall–Kier alpha value is -1.93. The van der Waals surface area contributed by atoms with Gasteiger partial charge in [0.25, 0.3) is 5.89 Å². The summed E-state index contributed by atoms with van der Waals surface area (Å²) in [4.78, 5) is 4.10. The average molecular weight is 369 g/mol. The Morgan fingerprint density at radius 3 is 2.57 bits per heavy atom. The first-order valence-corrected chi connectivity index (χ1v) is 8.49. The molecule has 0 fully saturated rings. The fourth-order valence-corrected chi connectivity index (χ4v) is 3.91. The van der Waals surface area contributed by atoms with Crippen molar-refractivity contribution in [1.82, 2.24) is 10.1 Å². The summed E-state index contributed by atoms with van der Waals surface area (Å²) in [6.45, 7) is 0. The Morgan fingerprint density at radius 1 is 1.19 bits per heavy atom. The van der Waals surface area contributed by atoms with Gasteiger partial charge in [-0.3, -0.25) is 0 Å². The molecule has 3 rings (SSSR count).